The van der Waals surface area contributed by atoms with Gasteiger partial charge in [0.25, 0.3) is 11.5 Å². The molecule has 1 saturated heterocycles. The third kappa shape index (κ3) is 4.37. The second-order valence-electron chi connectivity index (χ2n) is 11.8. The number of anilines is 1. The molecule has 6 rings (SSSR count). The average Bonchev–Trinajstić information content (AvgIpc) is 3.40. The molecule has 1 aromatic heterocycles. The predicted octanol–water partition coefficient (Wildman–Crippen LogP) is 4.12. The monoisotopic (exact) mass is 585 g/mol. The summed E-state index contributed by atoms with van der Waals surface area (Å²) < 4.78 is 13.6. The fourth-order valence-corrected chi connectivity index (χ4v) is 9.58. The highest BCUT2D eigenvalue weighted by atomic mass is 28.4. The van der Waals surface area contributed by atoms with Crippen molar-refractivity contribution >= 4 is 30.7 Å². The summed E-state index contributed by atoms with van der Waals surface area (Å²) in [7, 11) is -1.22. The molecule has 4 aromatic rings. The molecule has 0 saturated carbocycles. The maximum absolute atomic E-state index is 14.5. The molecule has 0 bridgehead atoms. The van der Waals surface area contributed by atoms with Crippen LogP contribution in [-0.2, 0) is 21.7 Å². The molecule has 0 aliphatic carbocycles. The predicted molar refractivity (Wildman–Crippen MR) is 162 cm³/mol. The minimum Gasteiger partial charge on any atom is -0.497 e. The van der Waals surface area contributed by atoms with Crippen LogP contribution in [-0.4, -0.2) is 53.7 Å². The van der Waals surface area contributed by atoms with E-state index < -0.39 is 20.0 Å². The van der Waals surface area contributed by atoms with E-state index in [0.717, 1.165) is 10.9 Å². The highest BCUT2D eigenvalue weighted by Gasteiger charge is 2.66. The average molecular weight is 586 g/mol. The van der Waals surface area contributed by atoms with Crippen LogP contribution in [0.15, 0.2) is 77.7 Å². The number of hydrogen-bond acceptors (Lipinski definition) is 7. The first-order chi connectivity index (χ1) is 20.1. The Morgan fingerprint density at radius 3 is 2.60 bits per heavy atom. The minimum absolute atomic E-state index is 0.105. The Balaban J connectivity index is 1.41. The van der Waals surface area contributed by atoms with Crippen molar-refractivity contribution < 1.29 is 24.2 Å². The lowest BCUT2D eigenvalue weighted by Gasteiger charge is -2.32. The highest BCUT2D eigenvalue weighted by Crippen LogP contribution is 2.60. The number of hydrogen-bond donors (Lipinski definition) is 2. The van der Waals surface area contributed by atoms with E-state index in [4.69, 9.17) is 9.47 Å². The Morgan fingerprint density at radius 1 is 1.07 bits per heavy atom. The molecule has 42 heavy (non-hydrogen) atoms. The van der Waals surface area contributed by atoms with Gasteiger partial charge in [-0.1, -0.05) is 37.3 Å². The van der Waals surface area contributed by atoms with Gasteiger partial charge in [-0.15, -0.1) is 0 Å². The maximum Gasteiger partial charge on any atom is 0.279 e. The fourth-order valence-electron chi connectivity index (χ4n) is 6.98. The highest BCUT2D eigenvalue weighted by molar-refractivity contribution is 6.71. The second kappa shape index (κ2) is 10.5. The summed E-state index contributed by atoms with van der Waals surface area (Å²) >= 11 is 0. The number of carbonyl (C=O) groups excluding carboxylic acids is 1. The van der Waals surface area contributed by atoms with Crippen molar-refractivity contribution in [3.05, 3.63) is 94.4 Å². The quantitative estimate of drug-likeness (QED) is 0.314. The number of ether oxygens (including phenoxy) is 2. The van der Waals surface area contributed by atoms with Gasteiger partial charge in [0, 0.05) is 29.0 Å². The van der Waals surface area contributed by atoms with E-state index in [-0.39, 0.29) is 36.1 Å². The van der Waals surface area contributed by atoms with Crippen LogP contribution in [0, 0.1) is 5.92 Å². The first-order valence-corrected chi connectivity index (χ1v) is 17.2. The molecule has 3 heterocycles. The number of benzene rings is 3. The van der Waals surface area contributed by atoms with Gasteiger partial charge in [-0.05, 0) is 61.5 Å². The van der Waals surface area contributed by atoms with E-state index in [1.54, 1.807) is 24.3 Å². The molecule has 4 atom stereocenters. The van der Waals surface area contributed by atoms with Crippen LogP contribution < -0.4 is 15.2 Å². The van der Waals surface area contributed by atoms with E-state index in [1.807, 2.05) is 80.7 Å². The molecule has 10 heteroatoms. The van der Waals surface area contributed by atoms with Gasteiger partial charge >= 0.3 is 0 Å². The van der Waals surface area contributed by atoms with E-state index >= 15 is 0 Å². The first kappa shape index (κ1) is 28.3. The second-order valence-corrected chi connectivity index (χ2v) is 15.7. The summed E-state index contributed by atoms with van der Waals surface area (Å²) in [6.45, 7) is 5.82. The summed E-state index contributed by atoms with van der Waals surface area (Å²) in [5, 5.41) is 15.6. The number of rotatable bonds is 7. The lowest BCUT2D eigenvalue weighted by atomic mass is 9.82. The number of aliphatic hydroxyl groups is 1. The lowest BCUT2D eigenvalue weighted by molar-refractivity contribution is -0.146. The van der Waals surface area contributed by atoms with Crippen LogP contribution >= 0.6 is 0 Å². The number of aliphatic hydroxyl groups excluding tert-OH is 1. The van der Waals surface area contributed by atoms with Crippen LogP contribution in [0.3, 0.4) is 0 Å². The fraction of sp³-hybridized carbons (Fsp3) is 0.344. The standard InChI is InChI=1S/C32H35N3O6Si/c1-20-29(42(3,4)39)28(14-15-36)41-32(20)26-17-24(40-2)12-13-27(26)34(31(32)38)19-21-8-7-10-23(16-21)35-30(37)25-11-6-5-9-22(25)18-33-35/h5-13,16-18,20,28-29,36,39H,14-15,19H2,1-4H3/t20-,28+,29-,32+/m1/s1. The zero-order chi connectivity index (χ0) is 29.8. The Labute approximate surface area is 245 Å². The van der Waals surface area contributed by atoms with Crippen LogP contribution in [0.1, 0.15) is 24.5 Å². The van der Waals surface area contributed by atoms with Gasteiger partial charge in [-0.3, -0.25) is 9.59 Å². The molecule has 2 N–H and O–H groups in total. The molecular formula is C32H35N3O6Si. The van der Waals surface area contributed by atoms with Gasteiger partial charge in [-0.25, -0.2) is 0 Å². The van der Waals surface area contributed by atoms with Crippen molar-refractivity contribution in [2.24, 2.45) is 5.92 Å². The molecule has 0 unspecified atom stereocenters. The van der Waals surface area contributed by atoms with Crippen molar-refractivity contribution in [2.75, 3.05) is 18.6 Å². The third-order valence-electron chi connectivity index (χ3n) is 8.80. The van der Waals surface area contributed by atoms with Crippen LogP contribution in [0.5, 0.6) is 5.75 Å². The van der Waals surface area contributed by atoms with Crippen molar-refractivity contribution in [1.29, 1.82) is 0 Å². The molecule has 9 nitrogen and oxygen atoms in total. The first-order valence-electron chi connectivity index (χ1n) is 14.2. The Hall–Kier alpha value is -3.83. The maximum atomic E-state index is 14.5. The Morgan fingerprint density at radius 2 is 1.86 bits per heavy atom. The van der Waals surface area contributed by atoms with Crippen molar-refractivity contribution in [2.45, 2.75) is 50.2 Å². The van der Waals surface area contributed by atoms with Crippen LogP contribution in [0.2, 0.25) is 18.6 Å². The molecule has 3 aromatic carbocycles. The Kier molecular flexibility index (Phi) is 7.05. The molecule has 1 amide bonds. The molecule has 2 aliphatic heterocycles. The van der Waals surface area contributed by atoms with Gasteiger partial charge in [0.2, 0.25) is 0 Å². The van der Waals surface area contributed by atoms with Gasteiger partial charge in [0.15, 0.2) is 13.9 Å². The van der Waals surface area contributed by atoms with Gasteiger partial charge in [-0.2, -0.15) is 9.78 Å². The summed E-state index contributed by atoms with van der Waals surface area (Å²) in [6.07, 6.45) is 1.54. The topological polar surface area (TPSA) is 114 Å². The number of aromatic nitrogens is 2. The number of fused-ring (bicyclic) bond motifs is 3. The molecule has 2 aliphatic rings. The number of methoxy groups -OCH3 is 1. The van der Waals surface area contributed by atoms with Gasteiger partial charge in [0.1, 0.15) is 5.75 Å². The van der Waals surface area contributed by atoms with Crippen LogP contribution in [0.4, 0.5) is 5.69 Å². The van der Waals surface area contributed by atoms with Crippen molar-refractivity contribution in [3.63, 3.8) is 0 Å². The number of nitrogens with zero attached hydrogens (tertiary/aromatic N) is 3. The zero-order valence-electron chi connectivity index (χ0n) is 24.2. The van der Waals surface area contributed by atoms with Crippen LogP contribution in [0.25, 0.3) is 16.5 Å². The largest absolute Gasteiger partial charge is 0.497 e. The van der Waals surface area contributed by atoms with Crippen molar-refractivity contribution in [3.8, 4) is 11.4 Å². The lowest BCUT2D eigenvalue weighted by Crippen LogP contribution is -2.46. The summed E-state index contributed by atoms with van der Waals surface area (Å²) in [5.74, 6) is 0.0501. The van der Waals surface area contributed by atoms with E-state index in [2.05, 4.69) is 5.10 Å². The molecule has 0 radical (unpaired) electrons. The SMILES string of the molecule is COc1ccc2c(c1)[C@]1(O[C@@H](CCO)[C@H]([Si](C)(C)O)[C@H]1C)C(=O)N2Cc1cccc(-n2ncc3ccccc3c2=O)c1. The van der Waals surface area contributed by atoms with Crippen molar-refractivity contribution in [1.82, 2.24) is 9.78 Å². The number of carbonyl (C=O) groups is 1. The smallest absolute Gasteiger partial charge is 0.279 e. The molecule has 1 spiro atoms. The summed E-state index contributed by atoms with van der Waals surface area (Å²) in [5.41, 5.74) is 1.02. The zero-order valence-corrected chi connectivity index (χ0v) is 25.2. The third-order valence-corrected chi connectivity index (χ3v) is 11.3. The Bertz CT molecular complexity index is 1730. The minimum atomic E-state index is -2.80. The van der Waals surface area contributed by atoms with Gasteiger partial charge < -0.3 is 24.3 Å². The molecule has 218 valence electrons. The number of amides is 1. The molecule has 1 fully saturated rings. The summed E-state index contributed by atoms with van der Waals surface area (Å²) in [6, 6.07) is 20.3. The summed E-state index contributed by atoms with van der Waals surface area (Å²) in [4.78, 5) is 40.8. The van der Waals surface area contributed by atoms with E-state index in [0.29, 0.717) is 34.5 Å². The molecular weight excluding hydrogens is 550 g/mol. The van der Waals surface area contributed by atoms with Gasteiger partial charge in [0.05, 0.1) is 42.7 Å². The van der Waals surface area contributed by atoms with E-state index in [9.17, 15) is 19.5 Å². The normalized spacial score (nSPS) is 23.6. The van der Waals surface area contributed by atoms with E-state index in [1.165, 1.54) is 4.68 Å².